The highest BCUT2D eigenvalue weighted by molar-refractivity contribution is 14.0. The molecular weight excluding hydrogens is 511 g/mol. The number of amides is 1. The van der Waals surface area contributed by atoms with Gasteiger partial charge < -0.3 is 21.1 Å². The molecule has 1 heterocycles. The zero-order valence-corrected chi connectivity index (χ0v) is 19.8. The number of halogens is 2. The number of hydrogen-bond donors (Lipinski definition) is 4. The second-order valence-corrected chi connectivity index (χ2v) is 7.46. The van der Waals surface area contributed by atoms with Crippen LogP contribution >= 0.6 is 46.9 Å². The van der Waals surface area contributed by atoms with E-state index in [0.29, 0.717) is 36.2 Å². The fraction of sp³-hybridized carbons (Fsp3) is 0.368. The highest BCUT2D eigenvalue weighted by Crippen LogP contribution is 2.25. The number of rotatable bonds is 8. The average Bonchev–Trinajstić information content (AvgIpc) is 3.19. The number of carbonyl (C=O) groups is 1. The van der Waals surface area contributed by atoms with Crippen molar-refractivity contribution in [1.29, 1.82) is 0 Å². The smallest absolute Gasteiger partial charge is 0.252 e. The Morgan fingerprint density at radius 3 is 2.54 bits per heavy atom. The molecule has 0 spiro atoms. The van der Waals surface area contributed by atoms with E-state index in [1.807, 2.05) is 24.4 Å². The van der Waals surface area contributed by atoms with Gasteiger partial charge in [0.1, 0.15) is 5.60 Å². The number of benzene rings is 1. The molecule has 6 nitrogen and oxygen atoms in total. The third-order valence-corrected chi connectivity index (χ3v) is 5.22. The van der Waals surface area contributed by atoms with Gasteiger partial charge in [-0.1, -0.05) is 29.8 Å². The van der Waals surface area contributed by atoms with E-state index in [1.54, 1.807) is 31.2 Å². The summed E-state index contributed by atoms with van der Waals surface area (Å²) in [5, 5.41) is 22.0. The molecule has 1 aromatic heterocycles. The molecule has 0 aliphatic heterocycles. The van der Waals surface area contributed by atoms with Crippen molar-refractivity contribution < 1.29 is 9.90 Å². The van der Waals surface area contributed by atoms with E-state index in [-0.39, 0.29) is 36.4 Å². The van der Waals surface area contributed by atoms with Crippen molar-refractivity contribution >= 4 is 58.8 Å². The van der Waals surface area contributed by atoms with Crippen LogP contribution < -0.4 is 16.0 Å². The Hall–Kier alpha value is -1.36. The first-order valence-corrected chi connectivity index (χ1v) is 10.0. The Bertz CT molecular complexity index is 769. The Kier molecular flexibility index (Phi) is 10.8. The van der Waals surface area contributed by atoms with E-state index < -0.39 is 5.60 Å². The van der Waals surface area contributed by atoms with Gasteiger partial charge >= 0.3 is 0 Å². The van der Waals surface area contributed by atoms with Crippen LogP contribution in [0.2, 0.25) is 5.02 Å². The first-order chi connectivity index (χ1) is 12.9. The molecule has 0 aliphatic rings. The maximum atomic E-state index is 12.1. The fourth-order valence-corrected chi connectivity index (χ4v) is 3.34. The summed E-state index contributed by atoms with van der Waals surface area (Å²) < 4.78 is 0. The lowest BCUT2D eigenvalue weighted by molar-refractivity contribution is 0.0711. The molecule has 1 unspecified atom stereocenters. The number of nitrogens with zero attached hydrogens (tertiary/aromatic N) is 1. The van der Waals surface area contributed by atoms with Gasteiger partial charge in [-0.3, -0.25) is 4.79 Å². The van der Waals surface area contributed by atoms with Gasteiger partial charge in [-0.2, -0.15) is 0 Å². The molecule has 0 fully saturated rings. The van der Waals surface area contributed by atoms with E-state index in [9.17, 15) is 9.90 Å². The van der Waals surface area contributed by atoms with E-state index in [2.05, 4.69) is 20.9 Å². The fourth-order valence-electron chi connectivity index (χ4n) is 2.34. The van der Waals surface area contributed by atoms with Crippen LogP contribution in [-0.4, -0.2) is 43.2 Å². The van der Waals surface area contributed by atoms with Gasteiger partial charge in [-0.25, -0.2) is 4.99 Å². The van der Waals surface area contributed by atoms with Crippen molar-refractivity contribution in [3.05, 3.63) is 57.2 Å². The number of thiophene rings is 1. The van der Waals surface area contributed by atoms with Crippen LogP contribution in [0.5, 0.6) is 0 Å². The Balaban J connectivity index is 0.00000392. The number of nitrogens with one attached hydrogen (secondary N) is 3. The Labute approximate surface area is 191 Å². The molecule has 0 saturated carbocycles. The third kappa shape index (κ3) is 7.57. The summed E-state index contributed by atoms with van der Waals surface area (Å²) in [5.74, 6) is 0.367. The summed E-state index contributed by atoms with van der Waals surface area (Å²) in [6.45, 7) is 5.54. The molecule has 154 valence electrons. The van der Waals surface area contributed by atoms with E-state index in [1.165, 1.54) is 11.3 Å². The second-order valence-electron chi connectivity index (χ2n) is 6.11. The third-order valence-electron chi connectivity index (χ3n) is 3.76. The largest absolute Gasteiger partial charge is 0.383 e. The number of carbonyl (C=O) groups excluding carboxylic acids is 1. The van der Waals surface area contributed by atoms with Crippen molar-refractivity contribution in [1.82, 2.24) is 16.0 Å². The van der Waals surface area contributed by atoms with Crippen molar-refractivity contribution in [2.24, 2.45) is 4.99 Å². The van der Waals surface area contributed by atoms with Gasteiger partial charge in [-0.15, -0.1) is 35.3 Å². The topological polar surface area (TPSA) is 85.8 Å². The quantitative estimate of drug-likeness (QED) is 0.181. The molecule has 2 aromatic rings. The highest BCUT2D eigenvalue weighted by atomic mass is 127. The van der Waals surface area contributed by atoms with Crippen LogP contribution in [0, 0.1) is 0 Å². The summed E-state index contributed by atoms with van der Waals surface area (Å²) in [6, 6.07) is 10.7. The minimum Gasteiger partial charge on any atom is -0.383 e. The van der Waals surface area contributed by atoms with Crippen molar-refractivity contribution in [3.8, 4) is 0 Å². The lowest BCUT2D eigenvalue weighted by atomic mass is 10.1. The van der Waals surface area contributed by atoms with Gasteiger partial charge in [0.05, 0.1) is 17.1 Å². The molecule has 0 radical (unpaired) electrons. The lowest BCUT2D eigenvalue weighted by Crippen LogP contribution is -2.42. The van der Waals surface area contributed by atoms with Gasteiger partial charge in [0.25, 0.3) is 5.91 Å². The molecule has 0 bridgehead atoms. The Morgan fingerprint density at radius 1 is 1.18 bits per heavy atom. The summed E-state index contributed by atoms with van der Waals surface area (Å²) in [7, 11) is 0. The molecule has 4 N–H and O–H groups in total. The van der Waals surface area contributed by atoms with Gasteiger partial charge in [0, 0.05) is 24.5 Å². The standard InChI is InChI=1S/C19H25ClN4O2S.HI/c1-3-21-18(24-13-19(2,26)16-9-6-12-27-16)23-11-10-22-17(25)14-7-4-5-8-15(14)20;/h4-9,12,26H,3,10-11,13H2,1-2H3,(H,22,25)(H2,21,23,24);1H. The molecule has 0 aliphatic carbocycles. The van der Waals surface area contributed by atoms with Crippen LogP contribution in [0.3, 0.4) is 0 Å². The molecule has 1 amide bonds. The monoisotopic (exact) mass is 536 g/mol. The molecular formula is C19H26ClIN4O2S. The van der Waals surface area contributed by atoms with Crippen LogP contribution in [0.1, 0.15) is 29.1 Å². The van der Waals surface area contributed by atoms with Gasteiger partial charge in [-0.05, 0) is 37.4 Å². The minimum absolute atomic E-state index is 0. The van der Waals surface area contributed by atoms with Crippen molar-refractivity contribution in [2.75, 3.05) is 26.2 Å². The summed E-state index contributed by atoms with van der Waals surface area (Å²) in [6.07, 6.45) is 0. The number of aliphatic hydroxyl groups is 1. The zero-order chi connectivity index (χ0) is 19.7. The lowest BCUT2D eigenvalue weighted by Gasteiger charge is -2.20. The summed E-state index contributed by atoms with van der Waals surface area (Å²) >= 11 is 7.52. The first-order valence-electron chi connectivity index (χ1n) is 8.75. The normalized spacial score (nSPS) is 13.2. The van der Waals surface area contributed by atoms with Crippen LogP contribution in [0.4, 0.5) is 0 Å². The van der Waals surface area contributed by atoms with Crippen LogP contribution in [0.25, 0.3) is 0 Å². The minimum atomic E-state index is -1.02. The van der Waals surface area contributed by atoms with E-state index in [4.69, 9.17) is 11.6 Å². The predicted molar refractivity (Wildman–Crippen MR) is 127 cm³/mol. The van der Waals surface area contributed by atoms with Crippen molar-refractivity contribution in [2.45, 2.75) is 19.4 Å². The number of guanidine groups is 1. The maximum absolute atomic E-state index is 12.1. The molecule has 1 aromatic carbocycles. The summed E-state index contributed by atoms with van der Waals surface area (Å²) in [5.41, 5.74) is -0.568. The molecule has 0 saturated heterocycles. The highest BCUT2D eigenvalue weighted by Gasteiger charge is 2.23. The van der Waals surface area contributed by atoms with Crippen LogP contribution in [-0.2, 0) is 5.60 Å². The number of aliphatic imine (C=N–C) groups is 1. The number of hydrogen-bond acceptors (Lipinski definition) is 4. The first kappa shape index (κ1) is 24.7. The van der Waals surface area contributed by atoms with Crippen molar-refractivity contribution in [3.63, 3.8) is 0 Å². The Morgan fingerprint density at radius 2 is 1.89 bits per heavy atom. The summed E-state index contributed by atoms with van der Waals surface area (Å²) in [4.78, 5) is 17.4. The molecule has 2 rings (SSSR count). The SMILES string of the molecule is CCNC(=NCC(C)(O)c1cccs1)NCCNC(=O)c1ccccc1Cl.I. The van der Waals surface area contributed by atoms with E-state index >= 15 is 0 Å². The van der Waals surface area contributed by atoms with E-state index in [0.717, 1.165) is 4.88 Å². The molecule has 9 heteroatoms. The molecule has 1 atom stereocenters. The maximum Gasteiger partial charge on any atom is 0.252 e. The van der Waals surface area contributed by atoms with Gasteiger partial charge in [0.15, 0.2) is 5.96 Å². The average molecular weight is 537 g/mol. The molecule has 28 heavy (non-hydrogen) atoms. The van der Waals surface area contributed by atoms with Crippen LogP contribution in [0.15, 0.2) is 46.8 Å². The van der Waals surface area contributed by atoms with Gasteiger partial charge in [0.2, 0.25) is 0 Å². The predicted octanol–water partition coefficient (Wildman–Crippen LogP) is 3.21. The second kappa shape index (κ2) is 12.3. The zero-order valence-electron chi connectivity index (χ0n) is 15.9.